The van der Waals surface area contributed by atoms with Crippen LogP contribution in [0.1, 0.15) is 16.7 Å². The Balaban J connectivity index is 1.82. The van der Waals surface area contributed by atoms with Crippen LogP contribution >= 0.6 is 23.2 Å². The minimum Gasteiger partial charge on any atom is -0.493 e. The molecule has 0 aromatic heterocycles. The summed E-state index contributed by atoms with van der Waals surface area (Å²) in [4.78, 5) is 12.5. The molecule has 0 aliphatic heterocycles. The van der Waals surface area contributed by atoms with Gasteiger partial charge in [-0.1, -0.05) is 41.4 Å². The summed E-state index contributed by atoms with van der Waals surface area (Å²) >= 11 is 12.3. The van der Waals surface area contributed by atoms with E-state index in [9.17, 15) is 23.2 Å². The Kier molecular flexibility index (Phi) is 8.28. The summed E-state index contributed by atoms with van der Waals surface area (Å²) in [6, 6.07) is 15.9. The van der Waals surface area contributed by atoms with E-state index >= 15 is 0 Å². The van der Waals surface area contributed by atoms with E-state index in [0.717, 1.165) is 23.8 Å². The molecule has 0 bridgehead atoms. The van der Waals surface area contributed by atoms with E-state index < -0.39 is 17.6 Å². The number of ether oxygens (including phenoxy) is 2. The number of nitrogens with one attached hydrogen (secondary N) is 1. The zero-order valence-electron chi connectivity index (χ0n) is 18.1. The van der Waals surface area contributed by atoms with E-state index in [1.54, 1.807) is 24.3 Å². The first-order valence-electron chi connectivity index (χ1n) is 9.96. The third-order valence-corrected chi connectivity index (χ3v) is 5.16. The van der Waals surface area contributed by atoms with Crippen LogP contribution in [0.25, 0.3) is 6.08 Å². The van der Waals surface area contributed by atoms with Gasteiger partial charge in [0.05, 0.1) is 17.7 Å². The van der Waals surface area contributed by atoms with Crippen molar-refractivity contribution in [3.05, 3.63) is 93.0 Å². The van der Waals surface area contributed by atoms with Crippen LogP contribution in [0.2, 0.25) is 10.0 Å². The molecular weight excluding hydrogens is 504 g/mol. The second-order valence-corrected chi connectivity index (χ2v) is 8.00. The van der Waals surface area contributed by atoms with Gasteiger partial charge < -0.3 is 14.8 Å². The molecule has 3 aromatic carbocycles. The van der Waals surface area contributed by atoms with Gasteiger partial charge in [-0.15, -0.1) is 0 Å². The first-order valence-corrected chi connectivity index (χ1v) is 10.7. The van der Waals surface area contributed by atoms with Crippen LogP contribution in [0, 0.1) is 11.3 Å². The zero-order valence-corrected chi connectivity index (χ0v) is 19.6. The topological polar surface area (TPSA) is 71.3 Å². The predicted molar refractivity (Wildman–Crippen MR) is 127 cm³/mol. The van der Waals surface area contributed by atoms with E-state index in [-0.39, 0.29) is 34.4 Å². The van der Waals surface area contributed by atoms with Crippen LogP contribution in [-0.4, -0.2) is 13.0 Å². The number of benzene rings is 3. The van der Waals surface area contributed by atoms with Crippen molar-refractivity contribution in [1.82, 2.24) is 0 Å². The summed E-state index contributed by atoms with van der Waals surface area (Å²) in [5, 5.41) is 12.5. The maximum Gasteiger partial charge on any atom is 0.416 e. The Morgan fingerprint density at radius 2 is 1.86 bits per heavy atom. The van der Waals surface area contributed by atoms with Crippen molar-refractivity contribution in [3.8, 4) is 17.6 Å². The SMILES string of the molecule is COc1cc(/C=C(\C#N)C(=O)Nc2cccc(C(F)(F)F)c2)cc(Cl)c1OCc1cccc(Cl)c1. The third kappa shape index (κ3) is 6.92. The number of hydrogen-bond acceptors (Lipinski definition) is 4. The van der Waals surface area contributed by atoms with Gasteiger partial charge in [-0.3, -0.25) is 4.79 Å². The molecule has 0 heterocycles. The molecule has 0 fully saturated rings. The van der Waals surface area contributed by atoms with Gasteiger partial charge in [0.1, 0.15) is 18.2 Å². The van der Waals surface area contributed by atoms with Crippen molar-refractivity contribution in [1.29, 1.82) is 5.26 Å². The van der Waals surface area contributed by atoms with Crippen LogP contribution in [0.3, 0.4) is 0 Å². The average molecular weight is 521 g/mol. The second-order valence-electron chi connectivity index (χ2n) is 7.16. The lowest BCUT2D eigenvalue weighted by atomic mass is 10.1. The largest absolute Gasteiger partial charge is 0.493 e. The van der Waals surface area contributed by atoms with Crippen molar-refractivity contribution in [2.45, 2.75) is 12.8 Å². The Hall–Kier alpha value is -3.67. The monoisotopic (exact) mass is 520 g/mol. The Bertz CT molecular complexity index is 1320. The number of anilines is 1. The number of nitriles is 1. The van der Waals surface area contributed by atoms with Gasteiger partial charge in [-0.2, -0.15) is 18.4 Å². The fourth-order valence-electron chi connectivity index (χ4n) is 3.03. The predicted octanol–water partition coefficient (Wildman–Crippen LogP) is 7.15. The van der Waals surface area contributed by atoms with Gasteiger partial charge >= 0.3 is 6.18 Å². The summed E-state index contributed by atoms with van der Waals surface area (Å²) < 4.78 is 49.9. The molecule has 0 spiro atoms. The Labute approximate surface area is 209 Å². The number of rotatable bonds is 7. The molecular formula is C25H17Cl2F3N2O3. The standard InChI is InChI=1S/C25H17Cl2F3N2O3/c1-34-22-11-16(10-21(27)23(22)35-14-15-4-2-6-19(26)9-15)8-17(13-31)24(33)32-20-7-3-5-18(12-20)25(28,29)30/h2-12H,14H2,1H3,(H,32,33)/b17-8+. The highest BCUT2D eigenvalue weighted by molar-refractivity contribution is 6.32. The maximum atomic E-state index is 12.9. The lowest BCUT2D eigenvalue weighted by Gasteiger charge is -2.14. The average Bonchev–Trinajstić information content (AvgIpc) is 2.81. The molecule has 0 unspecified atom stereocenters. The van der Waals surface area contributed by atoms with Crippen molar-refractivity contribution >= 4 is 40.9 Å². The maximum absolute atomic E-state index is 12.9. The van der Waals surface area contributed by atoms with Crippen molar-refractivity contribution in [2.75, 3.05) is 12.4 Å². The molecule has 0 aliphatic carbocycles. The number of hydrogen-bond donors (Lipinski definition) is 1. The fraction of sp³-hybridized carbons (Fsp3) is 0.120. The van der Waals surface area contributed by atoms with Crippen LogP contribution in [0.4, 0.5) is 18.9 Å². The van der Waals surface area contributed by atoms with Gasteiger partial charge in [0, 0.05) is 10.7 Å². The minimum absolute atomic E-state index is 0.105. The van der Waals surface area contributed by atoms with Gasteiger partial charge in [-0.25, -0.2) is 0 Å². The number of methoxy groups -OCH3 is 1. The molecule has 0 aliphatic rings. The van der Waals surface area contributed by atoms with Gasteiger partial charge in [0.2, 0.25) is 0 Å². The summed E-state index contributed by atoms with van der Waals surface area (Å²) in [5.74, 6) is -0.386. The van der Waals surface area contributed by atoms with Gasteiger partial charge in [0.15, 0.2) is 11.5 Å². The van der Waals surface area contributed by atoms with Crippen molar-refractivity contribution < 1.29 is 27.4 Å². The van der Waals surface area contributed by atoms with Crippen LogP contribution in [0.5, 0.6) is 11.5 Å². The molecule has 0 saturated heterocycles. The number of halogens is 5. The van der Waals surface area contributed by atoms with Gasteiger partial charge in [0.25, 0.3) is 5.91 Å². The second kappa shape index (κ2) is 11.2. The van der Waals surface area contributed by atoms with Crippen molar-refractivity contribution in [3.63, 3.8) is 0 Å². The highest BCUT2D eigenvalue weighted by Crippen LogP contribution is 2.38. The molecule has 3 aromatic rings. The van der Waals surface area contributed by atoms with E-state index in [1.165, 1.54) is 31.4 Å². The number of carbonyl (C=O) groups excluding carboxylic acids is 1. The number of nitrogens with zero attached hydrogens (tertiary/aromatic N) is 1. The molecule has 10 heteroatoms. The molecule has 3 rings (SSSR count). The van der Waals surface area contributed by atoms with E-state index in [4.69, 9.17) is 32.7 Å². The zero-order chi connectivity index (χ0) is 25.6. The Morgan fingerprint density at radius 3 is 2.51 bits per heavy atom. The molecule has 35 heavy (non-hydrogen) atoms. The summed E-state index contributed by atoms with van der Waals surface area (Å²) in [7, 11) is 1.40. The minimum atomic E-state index is -4.57. The summed E-state index contributed by atoms with van der Waals surface area (Å²) in [6.07, 6.45) is -3.34. The van der Waals surface area contributed by atoms with Crippen LogP contribution in [-0.2, 0) is 17.6 Å². The van der Waals surface area contributed by atoms with Crippen LogP contribution in [0.15, 0.2) is 66.2 Å². The van der Waals surface area contributed by atoms with E-state index in [2.05, 4.69) is 5.32 Å². The molecule has 0 atom stereocenters. The summed E-state index contributed by atoms with van der Waals surface area (Å²) in [5.41, 5.74) is -0.238. The lowest BCUT2D eigenvalue weighted by Crippen LogP contribution is -2.14. The number of amides is 1. The van der Waals surface area contributed by atoms with Gasteiger partial charge in [-0.05, 0) is 59.7 Å². The molecule has 180 valence electrons. The third-order valence-electron chi connectivity index (χ3n) is 4.65. The normalized spacial score (nSPS) is 11.5. The smallest absolute Gasteiger partial charge is 0.416 e. The van der Waals surface area contributed by atoms with Crippen LogP contribution < -0.4 is 14.8 Å². The quantitative estimate of drug-likeness (QED) is 0.265. The highest BCUT2D eigenvalue weighted by atomic mass is 35.5. The summed E-state index contributed by atoms with van der Waals surface area (Å²) in [6.45, 7) is 0.161. The van der Waals surface area contributed by atoms with E-state index in [0.29, 0.717) is 10.6 Å². The molecule has 0 saturated carbocycles. The molecule has 5 nitrogen and oxygen atoms in total. The molecule has 0 radical (unpaired) electrons. The van der Waals surface area contributed by atoms with E-state index in [1.807, 2.05) is 6.07 Å². The first kappa shape index (κ1) is 25.9. The lowest BCUT2D eigenvalue weighted by molar-refractivity contribution is -0.137. The number of alkyl halides is 3. The highest BCUT2D eigenvalue weighted by Gasteiger charge is 2.30. The Morgan fingerprint density at radius 1 is 1.11 bits per heavy atom. The number of carbonyl (C=O) groups is 1. The fourth-order valence-corrected chi connectivity index (χ4v) is 3.52. The molecule has 1 amide bonds. The molecule has 1 N–H and O–H groups in total. The van der Waals surface area contributed by atoms with Crippen molar-refractivity contribution in [2.24, 2.45) is 0 Å². The first-order chi connectivity index (χ1) is 16.6.